The smallest absolute Gasteiger partial charge is 0.142 e. The van der Waals surface area contributed by atoms with Gasteiger partial charge in [-0.25, -0.2) is 0 Å². The molecule has 0 aliphatic carbocycles. The van der Waals surface area contributed by atoms with Crippen LogP contribution >= 0.6 is 0 Å². The van der Waals surface area contributed by atoms with Crippen molar-refractivity contribution in [2.75, 3.05) is 44.2 Å². The zero-order valence-electron chi connectivity index (χ0n) is 13.9. The van der Waals surface area contributed by atoms with E-state index in [1.54, 1.807) is 0 Å². The molecule has 1 aliphatic heterocycles. The molecule has 3 rings (SSSR count). The van der Waals surface area contributed by atoms with Crippen LogP contribution in [0.3, 0.4) is 0 Å². The molecule has 0 aromatic heterocycles. The van der Waals surface area contributed by atoms with Crippen LogP contribution in [0.1, 0.15) is 12.5 Å². The van der Waals surface area contributed by atoms with E-state index in [0.717, 1.165) is 44.9 Å². The lowest BCUT2D eigenvalue weighted by molar-refractivity contribution is 0.259. The second kappa shape index (κ2) is 8.02. The molecular formula is C20H26N2O. The van der Waals surface area contributed by atoms with Crippen molar-refractivity contribution in [2.24, 2.45) is 0 Å². The van der Waals surface area contributed by atoms with Crippen molar-refractivity contribution in [3.8, 4) is 5.75 Å². The van der Waals surface area contributed by atoms with E-state index in [9.17, 15) is 0 Å². The van der Waals surface area contributed by atoms with Crippen molar-refractivity contribution in [2.45, 2.75) is 13.3 Å². The summed E-state index contributed by atoms with van der Waals surface area (Å²) in [5.41, 5.74) is 2.66. The van der Waals surface area contributed by atoms with E-state index < -0.39 is 0 Å². The number of hydrogen-bond donors (Lipinski definition) is 0. The van der Waals surface area contributed by atoms with Crippen LogP contribution in [-0.2, 0) is 6.42 Å². The van der Waals surface area contributed by atoms with E-state index in [1.165, 1.54) is 11.3 Å². The molecule has 0 unspecified atom stereocenters. The fraction of sp³-hybridized carbons (Fsp3) is 0.400. The summed E-state index contributed by atoms with van der Waals surface area (Å²) in [5, 5.41) is 0. The molecule has 1 fully saturated rings. The van der Waals surface area contributed by atoms with Crippen LogP contribution in [0.2, 0.25) is 0 Å². The summed E-state index contributed by atoms with van der Waals surface area (Å²) < 4.78 is 5.77. The minimum atomic E-state index is 0.716. The second-order valence-electron chi connectivity index (χ2n) is 5.97. The van der Waals surface area contributed by atoms with Crippen LogP contribution in [0.4, 0.5) is 5.69 Å². The number of nitrogens with zero attached hydrogens (tertiary/aromatic N) is 2. The van der Waals surface area contributed by atoms with Gasteiger partial charge < -0.3 is 9.64 Å². The first-order valence-electron chi connectivity index (χ1n) is 8.60. The maximum absolute atomic E-state index is 5.77. The molecule has 2 aromatic carbocycles. The van der Waals surface area contributed by atoms with Gasteiger partial charge >= 0.3 is 0 Å². The van der Waals surface area contributed by atoms with E-state index in [-0.39, 0.29) is 0 Å². The highest BCUT2D eigenvalue weighted by molar-refractivity contribution is 5.58. The summed E-state index contributed by atoms with van der Waals surface area (Å²) in [6, 6.07) is 19.1. The molecule has 0 atom stereocenters. The first kappa shape index (κ1) is 15.9. The Morgan fingerprint density at radius 1 is 0.870 bits per heavy atom. The highest BCUT2D eigenvalue weighted by atomic mass is 16.5. The quantitative estimate of drug-likeness (QED) is 0.813. The Balaban J connectivity index is 1.52. The molecule has 3 nitrogen and oxygen atoms in total. The Hall–Kier alpha value is -2.00. The largest absolute Gasteiger partial charge is 0.492 e. The Morgan fingerprint density at radius 2 is 1.57 bits per heavy atom. The number of benzene rings is 2. The third-order valence-corrected chi connectivity index (χ3v) is 4.44. The number of para-hydroxylation sites is 2. The van der Waals surface area contributed by atoms with Crippen LogP contribution in [-0.4, -0.2) is 44.2 Å². The fourth-order valence-corrected chi connectivity index (χ4v) is 3.14. The van der Waals surface area contributed by atoms with Crippen LogP contribution in [0.5, 0.6) is 5.75 Å². The average Bonchev–Trinajstić information content (AvgIpc) is 2.62. The van der Waals surface area contributed by atoms with Crippen LogP contribution in [0, 0.1) is 0 Å². The van der Waals surface area contributed by atoms with Crippen LogP contribution in [0.15, 0.2) is 54.6 Å². The summed E-state index contributed by atoms with van der Waals surface area (Å²) in [6.07, 6.45) is 1.14. The van der Waals surface area contributed by atoms with Gasteiger partial charge in [-0.1, -0.05) is 42.5 Å². The van der Waals surface area contributed by atoms with Crippen molar-refractivity contribution in [1.29, 1.82) is 0 Å². The normalized spacial score (nSPS) is 15.6. The molecule has 0 saturated carbocycles. The molecule has 1 heterocycles. The zero-order valence-corrected chi connectivity index (χ0v) is 13.9. The lowest BCUT2D eigenvalue weighted by Crippen LogP contribution is -2.47. The molecule has 0 amide bonds. The number of anilines is 1. The first-order chi connectivity index (χ1) is 11.4. The number of ether oxygens (including phenoxy) is 1. The van der Waals surface area contributed by atoms with E-state index in [4.69, 9.17) is 4.74 Å². The van der Waals surface area contributed by atoms with Gasteiger partial charge in [0.2, 0.25) is 0 Å². The molecule has 23 heavy (non-hydrogen) atoms. The minimum absolute atomic E-state index is 0.716. The molecule has 1 saturated heterocycles. The summed E-state index contributed by atoms with van der Waals surface area (Å²) >= 11 is 0. The van der Waals surface area contributed by atoms with Crippen LogP contribution in [0.25, 0.3) is 0 Å². The van der Waals surface area contributed by atoms with Gasteiger partial charge in [-0.05, 0) is 31.0 Å². The topological polar surface area (TPSA) is 15.7 Å². The Kier molecular flexibility index (Phi) is 5.54. The maximum Gasteiger partial charge on any atom is 0.142 e. The molecule has 0 spiro atoms. The van der Waals surface area contributed by atoms with E-state index in [0.29, 0.717) is 6.61 Å². The summed E-state index contributed by atoms with van der Waals surface area (Å²) in [7, 11) is 0. The zero-order chi connectivity index (χ0) is 15.9. The summed E-state index contributed by atoms with van der Waals surface area (Å²) in [4.78, 5) is 5.01. The molecule has 2 aromatic rings. The van der Waals surface area contributed by atoms with Crippen molar-refractivity contribution in [1.82, 2.24) is 4.90 Å². The Morgan fingerprint density at radius 3 is 2.30 bits per heavy atom. The number of piperazine rings is 1. The standard InChI is InChI=1S/C20H26N2O/c1-2-23-20-11-7-6-10-19(20)22-16-14-21(15-17-22)13-12-18-8-4-3-5-9-18/h3-11H,2,12-17H2,1H3. The highest BCUT2D eigenvalue weighted by Gasteiger charge is 2.19. The number of hydrogen-bond acceptors (Lipinski definition) is 3. The van der Waals surface area contributed by atoms with Gasteiger partial charge in [0.15, 0.2) is 0 Å². The molecule has 0 bridgehead atoms. The van der Waals surface area contributed by atoms with Gasteiger partial charge in [0.1, 0.15) is 5.75 Å². The Bertz CT molecular complexity index is 592. The third kappa shape index (κ3) is 4.26. The van der Waals surface area contributed by atoms with E-state index in [2.05, 4.69) is 58.3 Å². The molecule has 0 N–H and O–H groups in total. The van der Waals surface area contributed by atoms with Crippen molar-refractivity contribution < 1.29 is 4.74 Å². The van der Waals surface area contributed by atoms with Gasteiger partial charge in [0.25, 0.3) is 0 Å². The molecule has 1 aliphatic rings. The second-order valence-corrected chi connectivity index (χ2v) is 5.97. The summed E-state index contributed by atoms with van der Waals surface area (Å²) in [6.45, 7) is 8.27. The summed E-state index contributed by atoms with van der Waals surface area (Å²) in [5.74, 6) is 1.01. The molecular weight excluding hydrogens is 284 g/mol. The van der Waals surface area contributed by atoms with Gasteiger partial charge in [0.05, 0.1) is 12.3 Å². The monoisotopic (exact) mass is 310 g/mol. The first-order valence-corrected chi connectivity index (χ1v) is 8.60. The van der Waals surface area contributed by atoms with Crippen LogP contribution < -0.4 is 9.64 Å². The van der Waals surface area contributed by atoms with Crippen molar-refractivity contribution in [3.05, 3.63) is 60.2 Å². The lowest BCUT2D eigenvalue weighted by Gasteiger charge is -2.36. The minimum Gasteiger partial charge on any atom is -0.492 e. The average molecular weight is 310 g/mol. The lowest BCUT2D eigenvalue weighted by atomic mass is 10.1. The van der Waals surface area contributed by atoms with Crippen molar-refractivity contribution >= 4 is 5.69 Å². The molecule has 0 radical (unpaired) electrons. The van der Waals surface area contributed by atoms with Gasteiger partial charge in [-0.15, -0.1) is 0 Å². The van der Waals surface area contributed by atoms with E-state index in [1.807, 2.05) is 13.0 Å². The SMILES string of the molecule is CCOc1ccccc1N1CCN(CCc2ccccc2)CC1. The number of rotatable bonds is 6. The maximum atomic E-state index is 5.77. The molecule has 3 heteroatoms. The highest BCUT2D eigenvalue weighted by Crippen LogP contribution is 2.28. The van der Waals surface area contributed by atoms with Gasteiger partial charge in [0, 0.05) is 32.7 Å². The predicted octanol–water partition coefficient (Wildman–Crippen LogP) is 3.45. The Labute approximate surface area is 139 Å². The third-order valence-electron chi connectivity index (χ3n) is 4.44. The van der Waals surface area contributed by atoms with Gasteiger partial charge in [-0.2, -0.15) is 0 Å². The fourth-order valence-electron chi connectivity index (χ4n) is 3.14. The van der Waals surface area contributed by atoms with Crippen molar-refractivity contribution in [3.63, 3.8) is 0 Å². The molecule has 122 valence electrons. The predicted molar refractivity (Wildman–Crippen MR) is 96.4 cm³/mol. The van der Waals surface area contributed by atoms with Gasteiger partial charge in [-0.3, -0.25) is 4.90 Å². The van der Waals surface area contributed by atoms with E-state index >= 15 is 0 Å².